The van der Waals surface area contributed by atoms with E-state index >= 15 is 0 Å². The normalized spacial score (nSPS) is 31.8. The van der Waals surface area contributed by atoms with Crippen LogP contribution in [0, 0.1) is 3.57 Å². The number of ether oxygens (including phenoxy) is 1. The summed E-state index contributed by atoms with van der Waals surface area (Å²) in [4.78, 5) is 24.7. The monoisotopic (exact) mass is 369 g/mol. The Morgan fingerprint density at radius 2 is 2.22 bits per heavy atom. The van der Waals surface area contributed by atoms with Crippen LogP contribution in [0.1, 0.15) is 6.23 Å². The van der Waals surface area contributed by atoms with E-state index in [9.17, 15) is 19.1 Å². The van der Waals surface area contributed by atoms with E-state index in [0.29, 0.717) is 0 Å². The van der Waals surface area contributed by atoms with Crippen LogP contribution in [0.5, 0.6) is 0 Å². The first-order valence-corrected chi connectivity index (χ1v) is 6.13. The SMILES string of the molecule is O=c1[nH]c(=O)n([C@@H]2O[C@H](CO)[C@@H](O)[C@@H]2F)cc1[124I]. The van der Waals surface area contributed by atoms with Crippen LogP contribution in [0.25, 0.3) is 0 Å². The van der Waals surface area contributed by atoms with Crippen molar-refractivity contribution in [3.05, 3.63) is 30.6 Å². The van der Waals surface area contributed by atoms with Gasteiger partial charge in [-0.15, -0.1) is 0 Å². The van der Waals surface area contributed by atoms with Crippen molar-refractivity contribution in [3.63, 3.8) is 0 Å². The number of H-pyrrole nitrogens is 1. The molecule has 1 saturated heterocycles. The molecule has 0 amide bonds. The Bertz CT molecular complexity index is 559. The zero-order chi connectivity index (χ0) is 13.4. The number of nitrogens with one attached hydrogen (secondary N) is 1. The van der Waals surface area contributed by atoms with Crippen LogP contribution in [0.4, 0.5) is 4.39 Å². The van der Waals surface area contributed by atoms with Crippen molar-refractivity contribution in [1.82, 2.24) is 9.55 Å². The Morgan fingerprint density at radius 1 is 1.56 bits per heavy atom. The van der Waals surface area contributed by atoms with Gasteiger partial charge in [0.25, 0.3) is 5.56 Å². The molecule has 0 saturated carbocycles. The maximum Gasteiger partial charge on any atom is 0.330 e. The molecule has 0 aliphatic carbocycles. The average molecular weight is 369 g/mol. The number of hydrogen-bond acceptors (Lipinski definition) is 5. The molecule has 0 aromatic carbocycles. The number of hydrogen-bond donors (Lipinski definition) is 3. The third kappa shape index (κ3) is 2.22. The highest BCUT2D eigenvalue weighted by atomic mass is 124. The predicted molar refractivity (Wildman–Crippen MR) is 65.9 cm³/mol. The van der Waals surface area contributed by atoms with Gasteiger partial charge >= 0.3 is 5.69 Å². The summed E-state index contributed by atoms with van der Waals surface area (Å²) in [6, 6.07) is 0. The largest absolute Gasteiger partial charge is 0.394 e. The van der Waals surface area contributed by atoms with Crippen molar-refractivity contribution in [2.45, 2.75) is 24.6 Å². The summed E-state index contributed by atoms with van der Waals surface area (Å²) < 4.78 is 19.9. The number of alkyl halides is 1. The van der Waals surface area contributed by atoms with E-state index in [1.807, 2.05) is 4.98 Å². The van der Waals surface area contributed by atoms with Gasteiger partial charge in [-0.3, -0.25) is 14.3 Å². The first-order chi connectivity index (χ1) is 8.45. The van der Waals surface area contributed by atoms with Crippen molar-refractivity contribution < 1.29 is 19.3 Å². The molecule has 7 nitrogen and oxygen atoms in total. The van der Waals surface area contributed by atoms with Crippen molar-refractivity contribution in [2.75, 3.05) is 6.61 Å². The van der Waals surface area contributed by atoms with E-state index in [-0.39, 0.29) is 3.57 Å². The van der Waals surface area contributed by atoms with Crippen LogP contribution in [0.15, 0.2) is 15.8 Å². The van der Waals surface area contributed by atoms with E-state index in [4.69, 9.17) is 9.84 Å². The lowest BCUT2D eigenvalue weighted by Gasteiger charge is -2.15. The Morgan fingerprint density at radius 3 is 2.78 bits per heavy atom. The molecular weight excluding hydrogens is 359 g/mol. The van der Waals surface area contributed by atoms with E-state index < -0.39 is 42.5 Å². The second-order valence-corrected chi connectivity index (χ2v) is 4.99. The summed E-state index contributed by atoms with van der Waals surface area (Å²) in [5.74, 6) is 0. The molecule has 2 heterocycles. The van der Waals surface area contributed by atoms with Gasteiger partial charge in [0.2, 0.25) is 0 Å². The fourth-order valence-corrected chi connectivity index (χ4v) is 2.16. The molecule has 9 heteroatoms. The maximum absolute atomic E-state index is 13.8. The number of aromatic nitrogens is 2. The van der Waals surface area contributed by atoms with Crippen LogP contribution in [0.2, 0.25) is 0 Å². The van der Waals surface area contributed by atoms with Gasteiger partial charge < -0.3 is 14.9 Å². The summed E-state index contributed by atoms with van der Waals surface area (Å²) in [5, 5.41) is 18.3. The fourth-order valence-electron chi connectivity index (χ4n) is 1.73. The lowest BCUT2D eigenvalue weighted by atomic mass is 10.1. The first-order valence-electron chi connectivity index (χ1n) is 5.05. The second-order valence-electron chi connectivity index (χ2n) is 3.83. The Balaban J connectivity index is 2.42. The number of rotatable bonds is 2. The standard InChI is InChI=1S/C9H10FIN2O5/c10-5-6(15)4(2-14)18-8(5)13-1-3(11)7(16)12-9(13)17/h1,4-6,8,14-15H,2H2,(H,12,16,17)/t4-,5+,6-,8-/m1/s1/i11-3. The van der Waals surface area contributed by atoms with E-state index in [1.165, 1.54) is 0 Å². The highest BCUT2D eigenvalue weighted by Crippen LogP contribution is 2.30. The predicted octanol–water partition coefficient (Wildman–Crippen LogP) is -1.27. The number of halogens is 2. The van der Waals surface area contributed by atoms with Gasteiger partial charge in [0.15, 0.2) is 12.4 Å². The van der Waals surface area contributed by atoms with Gasteiger partial charge in [0.05, 0.1) is 10.2 Å². The molecular formula is C9H10FIN2O5. The Labute approximate surface area is 113 Å². The molecule has 3 N–H and O–H groups in total. The molecule has 0 unspecified atom stereocenters. The summed E-state index contributed by atoms with van der Waals surface area (Å²) in [7, 11) is 0. The lowest BCUT2D eigenvalue weighted by molar-refractivity contribution is -0.0492. The highest BCUT2D eigenvalue weighted by molar-refractivity contribution is 14.1. The van der Waals surface area contributed by atoms with Crippen LogP contribution in [-0.2, 0) is 4.74 Å². The summed E-state index contributed by atoms with van der Waals surface area (Å²) in [5.41, 5.74) is -1.41. The van der Waals surface area contributed by atoms with Crippen LogP contribution >= 0.6 is 22.6 Å². The molecule has 0 radical (unpaired) electrons. The maximum atomic E-state index is 13.8. The third-order valence-corrected chi connectivity index (χ3v) is 3.44. The topological polar surface area (TPSA) is 105 Å². The molecule has 1 aromatic heterocycles. The van der Waals surface area contributed by atoms with Gasteiger partial charge in [0, 0.05) is 6.20 Å². The molecule has 0 spiro atoms. The van der Waals surface area contributed by atoms with Gasteiger partial charge in [-0.1, -0.05) is 0 Å². The molecule has 1 aromatic rings. The number of aliphatic hydroxyl groups is 2. The average Bonchev–Trinajstić information content (AvgIpc) is 2.61. The first kappa shape index (κ1) is 13.6. The van der Waals surface area contributed by atoms with Crippen LogP contribution < -0.4 is 11.2 Å². The van der Waals surface area contributed by atoms with E-state index in [2.05, 4.69) is 0 Å². The van der Waals surface area contributed by atoms with Crippen LogP contribution in [-0.4, -0.2) is 44.8 Å². The molecule has 1 aliphatic rings. The van der Waals surface area contributed by atoms with Gasteiger partial charge in [-0.05, 0) is 22.6 Å². The lowest BCUT2D eigenvalue weighted by Crippen LogP contribution is -2.37. The van der Waals surface area contributed by atoms with Gasteiger partial charge in [-0.2, -0.15) is 0 Å². The molecule has 1 fully saturated rings. The van der Waals surface area contributed by atoms with E-state index in [1.54, 1.807) is 22.6 Å². The number of aliphatic hydroxyl groups excluding tert-OH is 2. The van der Waals surface area contributed by atoms with E-state index in [0.717, 1.165) is 10.8 Å². The van der Waals surface area contributed by atoms with Crippen molar-refractivity contribution in [2.24, 2.45) is 0 Å². The minimum atomic E-state index is -1.86. The third-order valence-electron chi connectivity index (χ3n) is 2.67. The Kier molecular flexibility index (Phi) is 3.84. The van der Waals surface area contributed by atoms with Crippen molar-refractivity contribution in [1.29, 1.82) is 0 Å². The van der Waals surface area contributed by atoms with Crippen molar-refractivity contribution >= 4 is 22.6 Å². The molecule has 4 atom stereocenters. The van der Waals surface area contributed by atoms with Crippen molar-refractivity contribution in [3.8, 4) is 0 Å². The second kappa shape index (κ2) is 5.07. The zero-order valence-corrected chi connectivity index (χ0v) is 11.1. The van der Waals surface area contributed by atoms with Crippen LogP contribution in [0.3, 0.4) is 0 Å². The number of nitrogens with zero attached hydrogens (tertiary/aromatic N) is 1. The van der Waals surface area contributed by atoms with Gasteiger partial charge in [-0.25, -0.2) is 9.18 Å². The van der Waals surface area contributed by atoms with Gasteiger partial charge in [0.1, 0.15) is 12.2 Å². The molecule has 100 valence electrons. The molecule has 2 rings (SSSR count). The molecule has 0 bridgehead atoms. The fraction of sp³-hybridized carbons (Fsp3) is 0.556. The number of aromatic amines is 1. The minimum Gasteiger partial charge on any atom is -0.394 e. The smallest absolute Gasteiger partial charge is 0.330 e. The highest BCUT2D eigenvalue weighted by Gasteiger charge is 2.45. The summed E-state index contributed by atoms with van der Waals surface area (Å²) >= 11 is 1.69. The minimum absolute atomic E-state index is 0.185. The summed E-state index contributed by atoms with van der Waals surface area (Å²) in [6.07, 6.45) is -4.69. The molecule has 1 aliphatic heterocycles. The quantitative estimate of drug-likeness (QED) is 0.564. The zero-order valence-electron chi connectivity index (χ0n) is 8.92. The molecule has 18 heavy (non-hydrogen) atoms. The Hall–Kier alpha value is -0.780. The summed E-state index contributed by atoms with van der Waals surface area (Å²) in [6.45, 7) is -0.562.